The molecule has 1 N–H and O–H groups in total. The van der Waals surface area contributed by atoms with Gasteiger partial charge in [0.2, 0.25) is 0 Å². The third kappa shape index (κ3) is 4.75. The van der Waals surface area contributed by atoms with Gasteiger partial charge in [0.05, 0.1) is 12.6 Å². The van der Waals surface area contributed by atoms with Crippen LogP contribution in [0.3, 0.4) is 0 Å². The number of ether oxygens (including phenoxy) is 2. The Labute approximate surface area is 205 Å². The monoisotopic (exact) mass is 484 g/mol. The fraction of sp³-hybridized carbons (Fsp3) is 0.536. The second-order valence-electron chi connectivity index (χ2n) is 10.8. The van der Waals surface area contributed by atoms with E-state index in [-0.39, 0.29) is 23.3 Å². The van der Waals surface area contributed by atoms with Crippen LogP contribution >= 0.6 is 0 Å². The molecule has 3 aliphatic heterocycles. The molecule has 3 heterocycles. The van der Waals surface area contributed by atoms with E-state index in [0.717, 1.165) is 50.0 Å². The van der Waals surface area contributed by atoms with Crippen LogP contribution in [0.4, 0.5) is 13.6 Å². The second-order valence-corrected chi connectivity index (χ2v) is 10.8. The predicted molar refractivity (Wildman–Crippen MR) is 130 cm³/mol. The van der Waals surface area contributed by atoms with Gasteiger partial charge < -0.3 is 14.8 Å². The molecule has 0 radical (unpaired) electrons. The first-order valence-electron chi connectivity index (χ1n) is 12.7. The lowest BCUT2D eigenvalue weighted by molar-refractivity contribution is -0.0349. The molecule has 4 aliphatic rings. The molecule has 7 heteroatoms. The molecule has 2 bridgehead atoms. The Morgan fingerprint density at radius 1 is 1.14 bits per heavy atom. The van der Waals surface area contributed by atoms with Crippen LogP contribution in [0.5, 0.6) is 5.75 Å². The molecule has 35 heavy (non-hydrogen) atoms. The van der Waals surface area contributed by atoms with Crippen LogP contribution in [0.1, 0.15) is 57.2 Å². The number of alkyl carbamates (subject to hydrolysis) is 1. The quantitative estimate of drug-likeness (QED) is 0.558. The van der Waals surface area contributed by atoms with E-state index in [4.69, 9.17) is 9.47 Å². The Morgan fingerprint density at radius 2 is 1.91 bits per heavy atom. The van der Waals surface area contributed by atoms with Crippen molar-refractivity contribution >= 4 is 6.09 Å². The van der Waals surface area contributed by atoms with Crippen LogP contribution in [0.2, 0.25) is 0 Å². The molecular weight excluding hydrogens is 450 g/mol. The predicted octanol–water partition coefficient (Wildman–Crippen LogP) is 5.86. The molecule has 0 aromatic heterocycles. The van der Waals surface area contributed by atoms with Gasteiger partial charge in [0.25, 0.3) is 0 Å². The van der Waals surface area contributed by atoms with E-state index in [1.165, 1.54) is 12.1 Å². The van der Waals surface area contributed by atoms with E-state index in [9.17, 15) is 9.18 Å². The molecule has 2 atom stereocenters. The van der Waals surface area contributed by atoms with E-state index in [2.05, 4.69) is 24.1 Å². The molecule has 0 saturated carbocycles. The SMILES string of the molecule is CCCOc1ccc(-c2cc3c(cc2F)[C@H](NC(=O)O[C@H]2CN4CCC2CC4)C(C)(C)C3)cc1F. The summed E-state index contributed by atoms with van der Waals surface area (Å²) < 4.78 is 41.1. The standard InChI is InChI=1S/C28H34F2N2O3/c1-4-11-34-24-6-5-18(13-23(24)30)20-12-19-15-28(2,3)26(21(19)14-22(20)29)31-27(33)35-25-16-32-9-7-17(25)8-10-32/h5-6,12-14,17,25-26H,4,7-11,15-16H2,1-3H3,(H,31,33)/t25-,26-/m0/s1. The molecule has 2 aromatic carbocycles. The summed E-state index contributed by atoms with van der Waals surface area (Å²) in [5.74, 6) is -0.357. The molecule has 1 aliphatic carbocycles. The number of amides is 1. The maximum atomic E-state index is 15.3. The van der Waals surface area contributed by atoms with Gasteiger partial charge in [-0.2, -0.15) is 0 Å². The number of nitrogens with zero attached hydrogens (tertiary/aromatic N) is 1. The third-order valence-corrected chi connectivity index (χ3v) is 7.79. The summed E-state index contributed by atoms with van der Waals surface area (Å²) in [5, 5.41) is 3.03. The Balaban J connectivity index is 1.35. The highest BCUT2D eigenvalue weighted by Gasteiger charge is 2.42. The highest BCUT2D eigenvalue weighted by molar-refractivity contribution is 5.71. The minimum Gasteiger partial charge on any atom is -0.491 e. The molecule has 1 amide bonds. The smallest absolute Gasteiger partial charge is 0.407 e. The third-order valence-electron chi connectivity index (χ3n) is 7.79. The van der Waals surface area contributed by atoms with Crippen molar-refractivity contribution in [2.75, 3.05) is 26.2 Å². The Morgan fingerprint density at radius 3 is 2.57 bits per heavy atom. The topological polar surface area (TPSA) is 50.8 Å². The minimum atomic E-state index is -0.508. The van der Waals surface area contributed by atoms with E-state index in [1.807, 2.05) is 6.92 Å². The van der Waals surface area contributed by atoms with Crippen molar-refractivity contribution < 1.29 is 23.0 Å². The summed E-state index contributed by atoms with van der Waals surface area (Å²) in [6.07, 6.45) is 3.05. The number of nitrogens with one attached hydrogen (secondary N) is 1. The number of benzene rings is 2. The summed E-state index contributed by atoms with van der Waals surface area (Å²) in [4.78, 5) is 15.2. The number of hydrogen-bond acceptors (Lipinski definition) is 4. The molecule has 3 saturated heterocycles. The van der Waals surface area contributed by atoms with Crippen molar-refractivity contribution in [1.29, 1.82) is 0 Å². The van der Waals surface area contributed by atoms with Crippen LogP contribution in [-0.2, 0) is 11.2 Å². The molecule has 0 unspecified atom stereocenters. The normalized spacial score (nSPS) is 26.3. The van der Waals surface area contributed by atoms with Crippen LogP contribution in [0.25, 0.3) is 11.1 Å². The number of piperidine rings is 3. The number of carbonyl (C=O) groups excluding carboxylic acids is 1. The summed E-state index contributed by atoms with van der Waals surface area (Å²) in [7, 11) is 0. The van der Waals surface area contributed by atoms with E-state index in [1.54, 1.807) is 18.2 Å². The van der Waals surface area contributed by atoms with Gasteiger partial charge in [0, 0.05) is 12.1 Å². The molecule has 6 rings (SSSR count). The van der Waals surface area contributed by atoms with Gasteiger partial charge in [-0.1, -0.05) is 26.8 Å². The summed E-state index contributed by atoms with van der Waals surface area (Å²) in [6, 6.07) is 7.45. The maximum Gasteiger partial charge on any atom is 0.407 e. The average molecular weight is 485 g/mol. The molecule has 188 valence electrons. The number of halogens is 2. The van der Waals surface area contributed by atoms with Gasteiger partial charge in [0.1, 0.15) is 11.9 Å². The number of hydrogen-bond donors (Lipinski definition) is 1. The molecule has 3 fully saturated rings. The van der Waals surface area contributed by atoms with E-state index >= 15 is 4.39 Å². The van der Waals surface area contributed by atoms with E-state index < -0.39 is 17.7 Å². The Hall–Kier alpha value is -2.67. The average Bonchev–Trinajstić information content (AvgIpc) is 3.07. The van der Waals surface area contributed by atoms with Crippen LogP contribution in [-0.4, -0.2) is 43.3 Å². The lowest BCUT2D eigenvalue weighted by Gasteiger charge is -2.44. The molecular formula is C28H34F2N2O3. The van der Waals surface area contributed by atoms with Gasteiger partial charge in [-0.05, 0) is 91.1 Å². The second kappa shape index (κ2) is 9.41. The zero-order chi connectivity index (χ0) is 24.7. The number of rotatable bonds is 6. The zero-order valence-electron chi connectivity index (χ0n) is 20.7. The van der Waals surface area contributed by atoms with Crippen molar-refractivity contribution in [3.8, 4) is 16.9 Å². The fourth-order valence-electron chi connectivity index (χ4n) is 5.89. The first-order chi connectivity index (χ1) is 16.7. The van der Waals surface area contributed by atoms with Crippen molar-refractivity contribution in [2.45, 2.75) is 58.6 Å². The summed E-state index contributed by atoms with van der Waals surface area (Å²) >= 11 is 0. The molecule has 2 aromatic rings. The van der Waals surface area contributed by atoms with E-state index in [0.29, 0.717) is 30.1 Å². The van der Waals surface area contributed by atoms with Gasteiger partial charge in [-0.3, -0.25) is 4.90 Å². The van der Waals surface area contributed by atoms with Crippen LogP contribution < -0.4 is 10.1 Å². The summed E-state index contributed by atoms with van der Waals surface area (Å²) in [6.45, 7) is 9.44. The lowest BCUT2D eigenvalue weighted by Crippen LogP contribution is -2.53. The number of carbonyl (C=O) groups is 1. The minimum absolute atomic E-state index is 0.0835. The van der Waals surface area contributed by atoms with Crippen molar-refractivity contribution in [3.05, 3.63) is 53.1 Å². The van der Waals surface area contributed by atoms with Gasteiger partial charge in [-0.15, -0.1) is 0 Å². The first kappa shape index (κ1) is 24.0. The van der Waals surface area contributed by atoms with Gasteiger partial charge in [0.15, 0.2) is 11.6 Å². The van der Waals surface area contributed by atoms with Crippen LogP contribution in [0.15, 0.2) is 30.3 Å². The van der Waals surface area contributed by atoms with Crippen molar-refractivity contribution in [3.63, 3.8) is 0 Å². The van der Waals surface area contributed by atoms with Crippen molar-refractivity contribution in [2.24, 2.45) is 11.3 Å². The maximum absolute atomic E-state index is 15.3. The largest absolute Gasteiger partial charge is 0.491 e. The first-order valence-corrected chi connectivity index (χ1v) is 12.7. The Kier molecular flexibility index (Phi) is 6.47. The summed E-state index contributed by atoms with van der Waals surface area (Å²) in [5.41, 5.74) is 2.19. The highest BCUT2D eigenvalue weighted by atomic mass is 19.1. The highest BCUT2D eigenvalue weighted by Crippen LogP contribution is 2.47. The Bertz CT molecular complexity index is 1110. The van der Waals surface area contributed by atoms with Crippen molar-refractivity contribution in [1.82, 2.24) is 10.2 Å². The zero-order valence-corrected chi connectivity index (χ0v) is 20.7. The van der Waals surface area contributed by atoms with Gasteiger partial charge >= 0.3 is 6.09 Å². The number of fused-ring (bicyclic) bond motifs is 4. The molecule has 0 spiro atoms. The lowest BCUT2D eigenvalue weighted by atomic mass is 9.85. The fourth-order valence-corrected chi connectivity index (χ4v) is 5.89. The van der Waals surface area contributed by atoms with Crippen LogP contribution in [0, 0.1) is 23.0 Å². The molecule has 5 nitrogen and oxygen atoms in total. The van der Waals surface area contributed by atoms with Gasteiger partial charge in [-0.25, -0.2) is 13.6 Å².